The Labute approximate surface area is 115 Å². The Hall–Kier alpha value is -1.88. The van der Waals surface area contributed by atoms with Gasteiger partial charge < -0.3 is 14.6 Å². The van der Waals surface area contributed by atoms with Gasteiger partial charge in [0, 0.05) is 17.8 Å². The van der Waals surface area contributed by atoms with E-state index in [-0.39, 0.29) is 6.42 Å². The molecule has 0 fully saturated rings. The zero-order valence-electron chi connectivity index (χ0n) is 10.8. The summed E-state index contributed by atoms with van der Waals surface area (Å²) in [5, 5.41) is 12.9. The van der Waals surface area contributed by atoms with E-state index in [9.17, 15) is 9.90 Å². The second-order valence-electron chi connectivity index (χ2n) is 4.39. The summed E-state index contributed by atoms with van der Waals surface area (Å²) in [6.07, 6.45) is -0.153. The summed E-state index contributed by atoms with van der Waals surface area (Å²) in [4.78, 5) is 14.6. The number of carbonyl (C=O) groups excluding carboxylic acids is 1. The van der Waals surface area contributed by atoms with E-state index in [0.717, 1.165) is 21.9 Å². The maximum absolute atomic E-state index is 10.5. The third-order valence-electron chi connectivity index (χ3n) is 2.48. The van der Waals surface area contributed by atoms with Crippen LogP contribution in [0.4, 0.5) is 0 Å². The van der Waals surface area contributed by atoms with Crippen LogP contribution in [0.1, 0.15) is 21.8 Å². The highest BCUT2D eigenvalue weighted by atomic mass is 32.1. The quantitative estimate of drug-likeness (QED) is 0.832. The van der Waals surface area contributed by atoms with Crippen molar-refractivity contribution in [2.24, 2.45) is 0 Å². The third kappa shape index (κ3) is 4.06. The number of hydrogen-bond acceptors (Lipinski definition) is 5. The molecule has 0 aliphatic heterocycles. The first-order chi connectivity index (χ1) is 9.02. The topological polar surface area (TPSA) is 62.2 Å². The molecule has 1 aromatic heterocycles. The summed E-state index contributed by atoms with van der Waals surface area (Å²) in [6, 6.07) is 6.00. The van der Waals surface area contributed by atoms with Crippen molar-refractivity contribution in [1.82, 2.24) is 4.98 Å². The predicted molar refractivity (Wildman–Crippen MR) is 71.1 cm³/mol. The van der Waals surface area contributed by atoms with E-state index < -0.39 is 5.97 Å². The summed E-state index contributed by atoms with van der Waals surface area (Å²) < 4.78 is 5.66. The van der Waals surface area contributed by atoms with Crippen LogP contribution in [0.3, 0.4) is 0 Å². The van der Waals surface area contributed by atoms with Crippen molar-refractivity contribution in [3.05, 3.63) is 45.4 Å². The Kier molecular flexibility index (Phi) is 4.16. The van der Waals surface area contributed by atoms with E-state index in [4.69, 9.17) is 4.74 Å². The van der Waals surface area contributed by atoms with Gasteiger partial charge in [0.1, 0.15) is 17.4 Å². The molecule has 0 bridgehead atoms. The van der Waals surface area contributed by atoms with Gasteiger partial charge in [0.05, 0.1) is 5.69 Å². The van der Waals surface area contributed by atoms with Crippen molar-refractivity contribution in [2.45, 2.75) is 26.9 Å². The van der Waals surface area contributed by atoms with Crippen LogP contribution in [0.15, 0.2) is 23.6 Å². The molecule has 0 spiro atoms. The highest BCUT2D eigenvalue weighted by Crippen LogP contribution is 2.19. The van der Waals surface area contributed by atoms with Gasteiger partial charge in [-0.25, -0.2) is 4.98 Å². The van der Waals surface area contributed by atoms with Crippen molar-refractivity contribution in [3.8, 4) is 5.75 Å². The molecule has 4 nitrogen and oxygen atoms in total. The standard InChI is InChI=1S/C14H15NO3S/c1-9-3-10(2)5-12(4-9)18-7-13-15-11(8-19-13)6-14(16)17/h3-5,8H,6-7H2,1-2H3,(H,16,17)/p-1. The van der Waals surface area contributed by atoms with Gasteiger partial charge in [-0.2, -0.15) is 0 Å². The zero-order chi connectivity index (χ0) is 13.8. The predicted octanol–water partition coefficient (Wildman–Crippen LogP) is 1.63. The molecule has 0 saturated heterocycles. The minimum atomic E-state index is -1.12. The SMILES string of the molecule is Cc1cc(C)cc(OCc2nc(CC(=O)[O-])cs2)c1. The Balaban J connectivity index is 1.98. The van der Waals surface area contributed by atoms with Crippen LogP contribution < -0.4 is 9.84 Å². The molecule has 0 amide bonds. The summed E-state index contributed by atoms with van der Waals surface area (Å²) in [5.41, 5.74) is 2.81. The highest BCUT2D eigenvalue weighted by Gasteiger charge is 2.04. The van der Waals surface area contributed by atoms with Crippen LogP contribution in [0.5, 0.6) is 5.75 Å². The number of aromatic nitrogens is 1. The van der Waals surface area contributed by atoms with E-state index in [1.54, 1.807) is 5.38 Å². The fourth-order valence-corrected chi connectivity index (χ4v) is 2.51. The van der Waals surface area contributed by atoms with Crippen LogP contribution >= 0.6 is 11.3 Å². The van der Waals surface area contributed by atoms with Gasteiger partial charge in [-0.3, -0.25) is 0 Å². The lowest BCUT2D eigenvalue weighted by molar-refractivity contribution is -0.304. The van der Waals surface area contributed by atoms with E-state index in [1.807, 2.05) is 26.0 Å². The lowest BCUT2D eigenvalue weighted by Crippen LogP contribution is -2.24. The van der Waals surface area contributed by atoms with E-state index in [2.05, 4.69) is 11.1 Å². The van der Waals surface area contributed by atoms with Crippen molar-refractivity contribution in [2.75, 3.05) is 0 Å². The minimum Gasteiger partial charge on any atom is -0.550 e. The number of hydrogen-bond donors (Lipinski definition) is 0. The third-order valence-corrected chi connectivity index (χ3v) is 3.35. The minimum absolute atomic E-state index is 0.153. The summed E-state index contributed by atoms with van der Waals surface area (Å²) in [7, 11) is 0. The van der Waals surface area contributed by atoms with E-state index in [1.165, 1.54) is 11.3 Å². The number of aliphatic carboxylic acids is 1. The maximum Gasteiger partial charge on any atom is 0.140 e. The normalized spacial score (nSPS) is 10.4. The number of carboxylic acid groups (broad SMARTS) is 1. The highest BCUT2D eigenvalue weighted by molar-refractivity contribution is 7.09. The lowest BCUT2D eigenvalue weighted by atomic mass is 10.1. The van der Waals surface area contributed by atoms with Crippen molar-refractivity contribution < 1.29 is 14.6 Å². The number of carbonyl (C=O) groups is 1. The first-order valence-electron chi connectivity index (χ1n) is 5.87. The van der Waals surface area contributed by atoms with Crippen molar-refractivity contribution >= 4 is 17.3 Å². The molecule has 0 aliphatic rings. The summed E-state index contributed by atoms with van der Waals surface area (Å²) in [5.74, 6) is -0.318. The molecule has 0 unspecified atom stereocenters. The molecule has 2 aromatic rings. The fourth-order valence-electron chi connectivity index (χ4n) is 1.81. The van der Waals surface area contributed by atoms with Crippen LogP contribution in [-0.2, 0) is 17.8 Å². The molecule has 0 saturated carbocycles. The number of aryl methyl sites for hydroxylation is 2. The summed E-state index contributed by atoms with van der Waals surface area (Å²) in [6.45, 7) is 4.38. The molecule has 0 N–H and O–H groups in total. The van der Waals surface area contributed by atoms with Gasteiger partial charge in [0.15, 0.2) is 0 Å². The molecule has 19 heavy (non-hydrogen) atoms. The van der Waals surface area contributed by atoms with Gasteiger partial charge in [-0.15, -0.1) is 11.3 Å². The van der Waals surface area contributed by atoms with E-state index in [0.29, 0.717) is 12.3 Å². The first kappa shape index (κ1) is 13.5. The second-order valence-corrected chi connectivity index (χ2v) is 5.34. The van der Waals surface area contributed by atoms with E-state index >= 15 is 0 Å². The number of thiazole rings is 1. The van der Waals surface area contributed by atoms with Gasteiger partial charge in [0.25, 0.3) is 0 Å². The second kappa shape index (κ2) is 5.84. The molecule has 0 atom stereocenters. The van der Waals surface area contributed by atoms with Crippen LogP contribution in [0, 0.1) is 13.8 Å². The largest absolute Gasteiger partial charge is 0.550 e. The Morgan fingerprint density at radius 1 is 1.32 bits per heavy atom. The van der Waals surface area contributed by atoms with Gasteiger partial charge in [-0.05, 0) is 37.1 Å². The first-order valence-corrected chi connectivity index (χ1v) is 6.75. The molecule has 1 heterocycles. The van der Waals surface area contributed by atoms with Gasteiger partial charge in [0.2, 0.25) is 0 Å². The van der Waals surface area contributed by atoms with Crippen LogP contribution in [0.2, 0.25) is 0 Å². The van der Waals surface area contributed by atoms with Gasteiger partial charge in [-0.1, -0.05) is 6.07 Å². The Morgan fingerprint density at radius 2 is 2.00 bits per heavy atom. The number of benzene rings is 1. The molecular formula is C14H14NO3S-. The monoisotopic (exact) mass is 276 g/mol. The van der Waals surface area contributed by atoms with Crippen LogP contribution in [0.25, 0.3) is 0 Å². The zero-order valence-corrected chi connectivity index (χ0v) is 11.6. The fraction of sp³-hybridized carbons (Fsp3) is 0.286. The summed E-state index contributed by atoms with van der Waals surface area (Å²) >= 11 is 1.39. The average Bonchev–Trinajstić information content (AvgIpc) is 2.72. The number of carboxylic acids is 1. The Morgan fingerprint density at radius 3 is 2.63 bits per heavy atom. The number of ether oxygens (including phenoxy) is 1. The molecule has 2 rings (SSSR count). The Bertz CT molecular complexity index is 572. The van der Waals surface area contributed by atoms with Crippen LogP contribution in [-0.4, -0.2) is 11.0 Å². The smallest absolute Gasteiger partial charge is 0.140 e. The maximum atomic E-state index is 10.5. The molecule has 5 heteroatoms. The number of rotatable bonds is 5. The average molecular weight is 276 g/mol. The van der Waals surface area contributed by atoms with Gasteiger partial charge >= 0.3 is 0 Å². The number of nitrogens with zero attached hydrogens (tertiary/aromatic N) is 1. The van der Waals surface area contributed by atoms with Crippen molar-refractivity contribution in [1.29, 1.82) is 0 Å². The molecular weight excluding hydrogens is 262 g/mol. The molecule has 0 aliphatic carbocycles. The molecule has 100 valence electrons. The lowest BCUT2D eigenvalue weighted by Gasteiger charge is -2.06. The molecule has 0 radical (unpaired) electrons. The van der Waals surface area contributed by atoms with Crippen molar-refractivity contribution in [3.63, 3.8) is 0 Å². The molecule has 1 aromatic carbocycles.